The fourth-order valence-corrected chi connectivity index (χ4v) is 4.56. The number of aromatic nitrogens is 1. The lowest BCUT2D eigenvalue weighted by atomic mass is 9.87. The fourth-order valence-electron chi connectivity index (χ4n) is 4.56. The van der Waals surface area contributed by atoms with Crippen LogP contribution in [0.1, 0.15) is 43.2 Å². The molecule has 0 aliphatic carbocycles. The molecule has 1 amide bonds. The minimum Gasteiger partial charge on any atom is -0.333 e. The van der Waals surface area contributed by atoms with E-state index < -0.39 is 0 Å². The van der Waals surface area contributed by atoms with E-state index in [1.165, 1.54) is 17.7 Å². The number of pyridine rings is 1. The van der Waals surface area contributed by atoms with Crippen LogP contribution in [0, 0.1) is 5.82 Å². The van der Waals surface area contributed by atoms with E-state index in [-0.39, 0.29) is 17.3 Å². The van der Waals surface area contributed by atoms with E-state index in [0.29, 0.717) is 13.0 Å². The smallest absolute Gasteiger partial charge is 0.223 e. The maximum atomic E-state index is 13.2. The van der Waals surface area contributed by atoms with Crippen molar-refractivity contribution < 1.29 is 9.18 Å². The lowest BCUT2D eigenvalue weighted by molar-refractivity contribution is -0.132. The minimum atomic E-state index is -0.234. The first-order valence-electron chi connectivity index (χ1n) is 9.81. The predicted molar refractivity (Wildman–Crippen MR) is 102 cm³/mol. The first kappa shape index (κ1) is 18.1. The molecule has 5 heteroatoms. The summed E-state index contributed by atoms with van der Waals surface area (Å²) in [5, 5.41) is 0. The lowest BCUT2D eigenvalue weighted by Crippen LogP contribution is -2.45. The van der Waals surface area contributed by atoms with E-state index in [4.69, 9.17) is 0 Å². The van der Waals surface area contributed by atoms with E-state index >= 15 is 0 Å². The van der Waals surface area contributed by atoms with E-state index in [9.17, 15) is 9.18 Å². The van der Waals surface area contributed by atoms with Gasteiger partial charge in [-0.3, -0.25) is 14.7 Å². The van der Waals surface area contributed by atoms with Crippen LogP contribution >= 0.6 is 0 Å². The Balaban J connectivity index is 1.46. The molecule has 27 heavy (non-hydrogen) atoms. The van der Waals surface area contributed by atoms with Gasteiger partial charge >= 0.3 is 0 Å². The molecule has 2 aliphatic rings. The Hall–Kier alpha value is -2.27. The molecule has 3 heterocycles. The van der Waals surface area contributed by atoms with Crippen molar-refractivity contribution in [2.24, 2.45) is 0 Å². The lowest BCUT2D eigenvalue weighted by Gasteiger charge is -2.38. The van der Waals surface area contributed by atoms with Crippen LogP contribution in [-0.4, -0.2) is 39.3 Å². The van der Waals surface area contributed by atoms with Crippen LogP contribution in [0.4, 0.5) is 4.39 Å². The van der Waals surface area contributed by atoms with Crippen LogP contribution in [0.2, 0.25) is 0 Å². The van der Waals surface area contributed by atoms with Crippen LogP contribution in [0.3, 0.4) is 0 Å². The van der Waals surface area contributed by atoms with Crippen molar-refractivity contribution in [2.75, 3.05) is 13.1 Å². The number of benzene rings is 1. The number of nitrogens with zero attached hydrogens (tertiary/aromatic N) is 3. The quantitative estimate of drug-likeness (QED) is 0.825. The zero-order valence-corrected chi connectivity index (χ0v) is 15.6. The molecule has 142 valence electrons. The minimum absolute atomic E-state index is 0.0432. The Morgan fingerprint density at radius 1 is 0.926 bits per heavy atom. The van der Waals surface area contributed by atoms with E-state index in [2.05, 4.69) is 26.9 Å². The third-order valence-electron chi connectivity index (χ3n) is 6.10. The standard InChI is InChI=1S/C22H26FN3O/c23-20-4-2-18(3-5-20)17-26-21(27)6-10-22(26)9-1-14-25(15-11-22)16-19-7-12-24-13-8-19/h2-5,7-8,12-13H,1,6,9-11,14-17H2. The first-order chi connectivity index (χ1) is 13.1. The summed E-state index contributed by atoms with van der Waals surface area (Å²) < 4.78 is 13.2. The zero-order chi connectivity index (χ0) is 18.7. The zero-order valence-electron chi connectivity index (χ0n) is 15.6. The van der Waals surface area contributed by atoms with Crippen LogP contribution in [-0.2, 0) is 17.9 Å². The summed E-state index contributed by atoms with van der Waals surface area (Å²) in [6, 6.07) is 10.7. The second kappa shape index (κ2) is 7.77. The predicted octanol–water partition coefficient (Wildman–Crippen LogP) is 3.77. The highest BCUT2D eigenvalue weighted by Crippen LogP contribution is 2.40. The number of halogens is 1. The van der Waals surface area contributed by atoms with Crippen LogP contribution in [0.25, 0.3) is 0 Å². The molecule has 2 aromatic rings. The molecule has 2 aliphatic heterocycles. The molecule has 2 fully saturated rings. The van der Waals surface area contributed by atoms with Gasteiger partial charge in [-0.2, -0.15) is 0 Å². The summed E-state index contributed by atoms with van der Waals surface area (Å²) >= 11 is 0. The van der Waals surface area contributed by atoms with Crippen LogP contribution in [0.15, 0.2) is 48.8 Å². The van der Waals surface area contributed by atoms with Crippen molar-refractivity contribution >= 4 is 5.91 Å². The molecule has 4 rings (SSSR count). The van der Waals surface area contributed by atoms with Gasteiger partial charge < -0.3 is 4.90 Å². The van der Waals surface area contributed by atoms with E-state index in [0.717, 1.165) is 50.9 Å². The molecule has 0 saturated carbocycles. The van der Waals surface area contributed by atoms with Gasteiger partial charge in [0.2, 0.25) is 5.91 Å². The molecule has 1 atom stereocenters. The molecule has 1 spiro atoms. The number of carbonyl (C=O) groups excluding carboxylic acids is 1. The summed E-state index contributed by atoms with van der Waals surface area (Å²) in [6.45, 7) is 3.58. The highest BCUT2D eigenvalue weighted by atomic mass is 19.1. The third-order valence-corrected chi connectivity index (χ3v) is 6.10. The van der Waals surface area contributed by atoms with Crippen LogP contribution < -0.4 is 0 Å². The molecule has 4 nitrogen and oxygen atoms in total. The highest BCUT2D eigenvalue weighted by molar-refractivity contribution is 5.79. The number of likely N-dealkylation sites (tertiary alicyclic amines) is 2. The fraction of sp³-hybridized carbons (Fsp3) is 0.455. The van der Waals surface area contributed by atoms with Crippen molar-refractivity contribution in [1.29, 1.82) is 0 Å². The Morgan fingerprint density at radius 2 is 1.67 bits per heavy atom. The average molecular weight is 367 g/mol. The Bertz CT molecular complexity index is 780. The monoisotopic (exact) mass is 367 g/mol. The maximum absolute atomic E-state index is 13.2. The Labute approximate surface area is 160 Å². The largest absolute Gasteiger partial charge is 0.333 e. The van der Waals surface area contributed by atoms with Crippen molar-refractivity contribution in [3.05, 3.63) is 65.7 Å². The average Bonchev–Trinajstić information content (AvgIpc) is 2.85. The van der Waals surface area contributed by atoms with Gasteiger partial charge in [-0.25, -0.2) is 4.39 Å². The summed E-state index contributed by atoms with van der Waals surface area (Å²) in [5.41, 5.74) is 2.24. The highest BCUT2D eigenvalue weighted by Gasteiger charge is 2.45. The van der Waals surface area contributed by atoms with Gasteiger partial charge in [0.05, 0.1) is 0 Å². The van der Waals surface area contributed by atoms with Gasteiger partial charge in [-0.1, -0.05) is 12.1 Å². The molecule has 0 N–H and O–H groups in total. The molecule has 2 saturated heterocycles. The van der Waals surface area contributed by atoms with Crippen molar-refractivity contribution in [1.82, 2.24) is 14.8 Å². The second-order valence-corrected chi connectivity index (χ2v) is 7.82. The number of rotatable bonds is 4. The third kappa shape index (κ3) is 4.03. The van der Waals surface area contributed by atoms with Crippen LogP contribution in [0.5, 0.6) is 0 Å². The van der Waals surface area contributed by atoms with Crippen molar-refractivity contribution in [3.63, 3.8) is 0 Å². The van der Waals surface area contributed by atoms with E-state index in [1.54, 1.807) is 12.1 Å². The summed E-state index contributed by atoms with van der Waals surface area (Å²) in [4.78, 5) is 21.3. The first-order valence-corrected chi connectivity index (χ1v) is 9.81. The summed E-state index contributed by atoms with van der Waals surface area (Å²) in [7, 11) is 0. The van der Waals surface area contributed by atoms with Crippen molar-refractivity contribution in [2.45, 2.75) is 50.7 Å². The van der Waals surface area contributed by atoms with Gasteiger partial charge in [0.15, 0.2) is 0 Å². The van der Waals surface area contributed by atoms with Gasteiger partial charge in [0, 0.05) is 44.0 Å². The van der Waals surface area contributed by atoms with E-state index in [1.807, 2.05) is 12.4 Å². The molecule has 1 aromatic carbocycles. The number of hydrogen-bond acceptors (Lipinski definition) is 3. The summed E-state index contributed by atoms with van der Waals surface area (Å²) in [5.74, 6) is 0.00402. The molecule has 0 radical (unpaired) electrons. The second-order valence-electron chi connectivity index (χ2n) is 7.82. The molecule has 0 bridgehead atoms. The van der Waals surface area contributed by atoms with Gasteiger partial charge in [0.1, 0.15) is 5.82 Å². The number of hydrogen-bond donors (Lipinski definition) is 0. The number of carbonyl (C=O) groups is 1. The Kier molecular flexibility index (Phi) is 5.21. The molecular formula is C22H26FN3O. The maximum Gasteiger partial charge on any atom is 0.223 e. The normalized spacial score (nSPS) is 23.7. The topological polar surface area (TPSA) is 36.4 Å². The summed E-state index contributed by atoms with van der Waals surface area (Å²) in [6.07, 6.45) is 8.40. The molecular weight excluding hydrogens is 341 g/mol. The Morgan fingerprint density at radius 3 is 2.44 bits per heavy atom. The van der Waals surface area contributed by atoms with Gasteiger partial charge in [0.25, 0.3) is 0 Å². The van der Waals surface area contributed by atoms with Crippen molar-refractivity contribution in [3.8, 4) is 0 Å². The molecule has 1 unspecified atom stereocenters. The number of amides is 1. The molecule has 1 aromatic heterocycles. The SMILES string of the molecule is O=C1CCC2(CCCN(Cc3ccncc3)CC2)N1Cc1ccc(F)cc1. The van der Waals surface area contributed by atoms with Gasteiger partial charge in [-0.15, -0.1) is 0 Å². The van der Waals surface area contributed by atoms with Gasteiger partial charge in [-0.05, 0) is 67.6 Å².